The summed E-state index contributed by atoms with van der Waals surface area (Å²) < 4.78 is 56.0. The number of Topliss-reactive ketones (excluding diaryl/α,β-unsaturated/α-hetero) is 2. The number of sulfonamides is 2. The Bertz CT molecular complexity index is 1550. The lowest BCUT2D eigenvalue weighted by Crippen LogP contribution is -2.53. The number of hydrogen-bond donors (Lipinski definition) is 2. The second-order valence-corrected chi connectivity index (χ2v) is 14.6. The van der Waals surface area contributed by atoms with Gasteiger partial charge in [-0.15, -0.1) is 4.40 Å². The number of nitrogens with zero attached hydrogens (tertiary/aromatic N) is 1. The maximum absolute atomic E-state index is 14.5. The molecule has 210 valence electrons. The topological polar surface area (TPSA) is 139 Å². The van der Waals surface area contributed by atoms with Crippen LogP contribution in [0.3, 0.4) is 0 Å². The Labute approximate surface area is 230 Å². The Kier molecular flexibility index (Phi) is 7.79. The summed E-state index contributed by atoms with van der Waals surface area (Å²) >= 11 is 0. The molecule has 1 aliphatic carbocycles. The molecule has 1 unspecified atom stereocenters. The van der Waals surface area contributed by atoms with Crippen molar-refractivity contribution in [2.75, 3.05) is 16.3 Å². The second-order valence-electron chi connectivity index (χ2n) is 11.3. The van der Waals surface area contributed by atoms with E-state index in [1.807, 2.05) is 12.1 Å². The highest BCUT2D eigenvalue weighted by molar-refractivity contribution is 7.92. The molecule has 2 aliphatic rings. The summed E-state index contributed by atoms with van der Waals surface area (Å²) in [6.07, 6.45) is 3.55. The molecule has 0 saturated carbocycles. The van der Waals surface area contributed by atoms with E-state index in [1.54, 1.807) is 12.1 Å². The van der Waals surface area contributed by atoms with Crippen LogP contribution in [0.4, 0.5) is 11.4 Å². The molecule has 1 heterocycles. The van der Waals surface area contributed by atoms with Crippen molar-refractivity contribution in [3.05, 3.63) is 53.6 Å². The molecule has 0 bridgehead atoms. The Hall–Kier alpha value is -3.05. The first-order valence-electron chi connectivity index (χ1n) is 13.1. The first-order chi connectivity index (χ1) is 18.1. The fraction of sp³-hybridized carbons (Fsp3) is 0.464. The minimum absolute atomic E-state index is 0.0559. The summed E-state index contributed by atoms with van der Waals surface area (Å²) in [5, 5.41) is 2.92. The summed E-state index contributed by atoms with van der Waals surface area (Å²) in [6, 6.07) is 11.1. The van der Waals surface area contributed by atoms with Gasteiger partial charge in [0.1, 0.15) is 16.6 Å². The van der Waals surface area contributed by atoms with Crippen molar-refractivity contribution in [2.24, 2.45) is 22.2 Å². The molecule has 2 aromatic carbocycles. The molecule has 39 heavy (non-hydrogen) atoms. The van der Waals surface area contributed by atoms with Gasteiger partial charge in [0.25, 0.3) is 10.0 Å². The lowest BCUT2D eigenvalue weighted by Gasteiger charge is -2.42. The van der Waals surface area contributed by atoms with Crippen LogP contribution in [-0.2, 0) is 30.3 Å². The van der Waals surface area contributed by atoms with E-state index < -0.39 is 37.2 Å². The van der Waals surface area contributed by atoms with Crippen LogP contribution in [0.1, 0.15) is 69.3 Å². The smallest absolute Gasteiger partial charge is 0.286 e. The SMILES string of the molecule is CC(C)CCC1(CCC(C)C)C(=O)C(C2=NS(=O)(=O)c3cc(NS(C)(=O)=O)ccc3N2)C(=O)c2ccccc21. The fourth-order valence-corrected chi connectivity index (χ4v) is 7.08. The molecule has 4 rings (SSSR count). The molecule has 0 amide bonds. The van der Waals surface area contributed by atoms with Gasteiger partial charge in [0.05, 0.1) is 17.4 Å². The van der Waals surface area contributed by atoms with Crippen molar-refractivity contribution < 1.29 is 26.4 Å². The molecular weight excluding hydrogens is 538 g/mol. The largest absolute Gasteiger partial charge is 0.341 e. The number of rotatable bonds is 9. The van der Waals surface area contributed by atoms with Crippen LogP contribution in [0, 0.1) is 17.8 Å². The van der Waals surface area contributed by atoms with Gasteiger partial charge < -0.3 is 5.32 Å². The zero-order valence-corrected chi connectivity index (χ0v) is 24.4. The number of carbonyl (C=O) groups is 2. The molecule has 0 spiro atoms. The van der Waals surface area contributed by atoms with Gasteiger partial charge in [-0.25, -0.2) is 8.42 Å². The van der Waals surface area contributed by atoms with E-state index in [0.717, 1.165) is 25.2 Å². The molecule has 0 fully saturated rings. The Morgan fingerprint density at radius 3 is 2.21 bits per heavy atom. The molecule has 2 N–H and O–H groups in total. The number of carbonyl (C=O) groups excluding carboxylic acids is 2. The molecule has 1 aliphatic heterocycles. The third-order valence-corrected chi connectivity index (χ3v) is 9.26. The number of fused-ring (bicyclic) bond motifs is 2. The van der Waals surface area contributed by atoms with Crippen molar-refractivity contribution >= 4 is 48.8 Å². The predicted molar refractivity (Wildman–Crippen MR) is 152 cm³/mol. The van der Waals surface area contributed by atoms with Gasteiger partial charge in [-0.1, -0.05) is 52.0 Å². The number of hydrogen-bond acceptors (Lipinski definition) is 7. The quantitative estimate of drug-likeness (QED) is 0.412. The van der Waals surface area contributed by atoms with Crippen molar-refractivity contribution in [3.63, 3.8) is 0 Å². The Balaban J connectivity index is 1.84. The number of ketones is 2. The van der Waals surface area contributed by atoms with Gasteiger partial charge in [-0.2, -0.15) is 8.42 Å². The average Bonchev–Trinajstić information content (AvgIpc) is 2.83. The van der Waals surface area contributed by atoms with Crippen LogP contribution in [0.15, 0.2) is 51.8 Å². The van der Waals surface area contributed by atoms with Crippen LogP contribution in [0.5, 0.6) is 0 Å². The summed E-state index contributed by atoms with van der Waals surface area (Å²) in [6.45, 7) is 8.34. The van der Waals surface area contributed by atoms with Crippen LogP contribution in [-0.4, -0.2) is 40.5 Å². The number of amidine groups is 1. The number of nitrogens with one attached hydrogen (secondary N) is 2. The van der Waals surface area contributed by atoms with Gasteiger partial charge in [-0.05, 0) is 61.3 Å². The van der Waals surface area contributed by atoms with Crippen LogP contribution in [0.25, 0.3) is 0 Å². The molecule has 0 saturated heterocycles. The zero-order chi connectivity index (χ0) is 28.8. The standard InChI is InChI=1S/C28H35N3O6S2/c1-17(2)12-14-28(15-13-18(3)4)21-9-7-6-8-20(21)25(32)24(26(28)33)27-29-22-11-10-19(30-38(5,34)35)16-23(22)39(36,37)31-27/h6-11,16-18,24,30H,12-15H2,1-5H3,(H,29,31). The molecule has 2 aromatic rings. The van der Waals surface area contributed by atoms with Crippen LogP contribution >= 0.6 is 0 Å². The molecular formula is C28H35N3O6S2. The fourth-order valence-electron chi connectivity index (χ4n) is 5.34. The molecule has 0 radical (unpaired) electrons. The lowest BCUT2D eigenvalue weighted by molar-refractivity contribution is -0.126. The van der Waals surface area contributed by atoms with E-state index in [4.69, 9.17) is 0 Å². The van der Waals surface area contributed by atoms with Crippen molar-refractivity contribution in [1.29, 1.82) is 0 Å². The van der Waals surface area contributed by atoms with E-state index >= 15 is 0 Å². The number of anilines is 2. The van der Waals surface area contributed by atoms with E-state index in [0.29, 0.717) is 35.8 Å². The van der Waals surface area contributed by atoms with Gasteiger partial charge in [0, 0.05) is 11.3 Å². The Morgan fingerprint density at radius 2 is 1.62 bits per heavy atom. The summed E-state index contributed by atoms with van der Waals surface area (Å²) in [4.78, 5) is 28.0. The summed E-state index contributed by atoms with van der Waals surface area (Å²) in [7, 11) is -7.98. The molecule has 1 atom stereocenters. The first kappa shape index (κ1) is 28.9. The van der Waals surface area contributed by atoms with Crippen molar-refractivity contribution in [2.45, 2.75) is 63.7 Å². The highest BCUT2D eigenvalue weighted by atomic mass is 32.2. The molecule has 11 heteroatoms. The molecule has 9 nitrogen and oxygen atoms in total. The maximum atomic E-state index is 14.5. The first-order valence-corrected chi connectivity index (χ1v) is 16.4. The highest BCUT2D eigenvalue weighted by Crippen LogP contribution is 2.46. The maximum Gasteiger partial charge on any atom is 0.286 e. The Morgan fingerprint density at radius 1 is 1.00 bits per heavy atom. The van der Waals surface area contributed by atoms with Gasteiger partial charge >= 0.3 is 0 Å². The average molecular weight is 574 g/mol. The summed E-state index contributed by atoms with van der Waals surface area (Å²) in [5.74, 6) is -1.81. The van der Waals surface area contributed by atoms with Gasteiger partial charge in [0.2, 0.25) is 10.0 Å². The predicted octanol–water partition coefficient (Wildman–Crippen LogP) is 4.76. The normalized spacial score (nSPS) is 19.8. The lowest BCUT2D eigenvalue weighted by atomic mass is 9.59. The third kappa shape index (κ3) is 5.79. The molecule has 0 aromatic heterocycles. The highest BCUT2D eigenvalue weighted by Gasteiger charge is 2.53. The second kappa shape index (κ2) is 10.5. The van der Waals surface area contributed by atoms with Gasteiger partial charge in [-0.3, -0.25) is 14.3 Å². The monoisotopic (exact) mass is 573 g/mol. The van der Waals surface area contributed by atoms with Crippen LogP contribution in [0.2, 0.25) is 0 Å². The minimum atomic E-state index is -4.35. The summed E-state index contributed by atoms with van der Waals surface area (Å²) in [5.41, 5.74) is 0.332. The van der Waals surface area contributed by atoms with E-state index in [1.165, 1.54) is 12.1 Å². The van der Waals surface area contributed by atoms with E-state index in [-0.39, 0.29) is 27.9 Å². The van der Waals surface area contributed by atoms with Crippen molar-refractivity contribution in [1.82, 2.24) is 0 Å². The van der Waals surface area contributed by atoms with E-state index in [2.05, 4.69) is 42.1 Å². The third-order valence-electron chi connectivity index (χ3n) is 7.32. The van der Waals surface area contributed by atoms with E-state index in [9.17, 15) is 26.4 Å². The van der Waals surface area contributed by atoms with Gasteiger partial charge in [0.15, 0.2) is 11.6 Å². The zero-order valence-electron chi connectivity index (χ0n) is 22.8. The van der Waals surface area contributed by atoms with Crippen LogP contribution < -0.4 is 10.0 Å². The van der Waals surface area contributed by atoms with Crippen molar-refractivity contribution in [3.8, 4) is 0 Å². The number of benzene rings is 2. The minimum Gasteiger partial charge on any atom is -0.341 e.